The highest BCUT2D eigenvalue weighted by molar-refractivity contribution is 9.10. The molecule has 0 aliphatic rings. The molecule has 8 nitrogen and oxygen atoms in total. The van der Waals surface area contributed by atoms with E-state index in [9.17, 15) is 5.11 Å². The minimum absolute atomic E-state index is 0.0449. The summed E-state index contributed by atoms with van der Waals surface area (Å²) in [6.45, 7) is 5.67. The summed E-state index contributed by atoms with van der Waals surface area (Å²) in [5.41, 5.74) is 2.57. The van der Waals surface area contributed by atoms with E-state index in [1.54, 1.807) is 27.7 Å². The van der Waals surface area contributed by atoms with Gasteiger partial charge in [-0.2, -0.15) is 14.9 Å². The van der Waals surface area contributed by atoms with Crippen LogP contribution in [0.4, 0.5) is 0 Å². The number of nitrogens with zero attached hydrogens (tertiary/aromatic N) is 6. The van der Waals surface area contributed by atoms with Crippen molar-refractivity contribution in [2.75, 3.05) is 7.11 Å². The maximum atomic E-state index is 9.89. The molecule has 3 aromatic rings. The van der Waals surface area contributed by atoms with Gasteiger partial charge in [-0.15, -0.1) is 10.2 Å². The topological polar surface area (TPSA) is 90.4 Å². The number of hydrogen-bond acceptors (Lipinski definition) is 6. The fourth-order valence-electron chi connectivity index (χ4n) is 2.39. The molecular weight excluding hydrogens is 388 g/mol. The Morgan fingerprint density at radius 3 is 2.60 bits per heavy atom. The Bertz CT molecular complexity index is 960. The Balaban J connectivity index is 2.02. The highest BCUT2D eigenvalue weighted by Gasteiger charge is 2.14. The third-order valence-electron chi connectivity index (χ3n) is 3.57. The molecule has 0 amide bonds. The molecule has 0 saturated carbocycles. The fourth-order valence-corrected chi connectivity index (χ4v) is 2.85. The van der Waals surface area contributed by atoms with E-state index in [1.165, 1.54) is 7.11 Å². The summed E-state index contributed by atoms with van der Waals surface area (Å²) in [5, 5.41) is 27.0. The van der Waals surface area contributed by atoms with Crippen molar-refractivity contribution in [1.29, 1.82) is 0 Å². The second-order valence-corrected chi connectivity index (χ2v) is 6.35. The Kier molecular flexibility index (Phi) is 4.58. The Hall–Kier alpha value is -2.68. The van der Waals surface area contributed by atoms with Gasteiger partial charge in [-0.05, 0) is 60.5 Å². The van der Waals surface area contributed by atoms with Crippen LogP contribution >= 0.6 is 15.9 Å². The van der Waals surface area contributed by atoms with Crippen LogP contribution in [0.2, 0.25) is 0 Å². The molecule has 0 spiro atoms. The number of benzene rings is 1. The van der Waals surface area contributed by atoms with E-state index in [0.29, 0.717) is 22.0 Å². The predicted molar refractivity (Wildman–Crippen MR) is 96.7 cm³/mol. The summed E-state index contributed by atoms with van der Waals surface area (Å²) in [7, 11) is 1.49. The van der Waals surface area contributed by atoms with Gasteiger partial charge < -0.3 is 9.84 Å². The van der Waals surface area contributed by atoms with Crippen molar-refractivity contribution in [2.45, 2.75) is 20.8 Å². The highest BCUT2D eigenvalue weighted by Crippen LogP contribution is 2.34. The molecule has 0 radical (unpaired) electrons. The Morgan fingerprint density at radius 1 is 1.20 bits per heavy atom. The number of aromatic nitrogens is 5. The average Bonchev–Trinajstić information content (AvgIpc) is 3.09. The minimum Gasteiger partial charge on any atom is -0.503 e. The van der Waals surface area contributed by atoms with Crippen LogP contribution in [0.3, 0.4) is 0 Å². The number of phenolic OH excluding ortho intramolecular Hbond substituents is 1. The van der Waals surface area contributed by atoms with Gasteiger partial charge in [0.15, 0.2) is 17.3 Å². The second kappa shape index (κ2) is 6.67. The van der Waals surface area contributed by atoms with Crippen LogP contribution in [0.25, 0.3) is 5.95 Å². The van der Waals surface area contributed by atoms with Crippen LogP contribution in [-0.2, 0) is 0 Å². The van der Waals surface area contributed by atoms with Gasteiger partial charge in [-0.3, -0.25) is 0 Å². The van der Waals surface area contributed by atoms with E-state index in [1.807, 2.05) is 26.8 Å². The largest absolute Gasteiger partial charge is 0.503 e. The van der Waals surface area contributed by atoms with Gasteiger partial charge in [0.2, 0.25) is 0 Å². The van der Waals surface area contributed by atoms with Crippen molar-refractivity contribution < 1.29 is 9.84 Å². The first-order valence-corrected chi connectivity index (χ1v) is 8.26. The molecule has 2 heterocycles. The molecule has 0 aliphatic carbocycles. The number of halogens is 1. The molecule has 1 aromatic carbocycles. The first kappa shape index (κ1) is 17.2. The van der Waals surface area contributed by atoms with Gasteiger partial charge in [0, 0.05) is 5.69 Å². The Labute approximate surface area is 152 Å². The van der Waals surface area contributed by atoms with Gasteiger partial charge in [0.25, 0.3) is 5.95 Å². The van der Waals surface area contributed by atoms with Crippen molar-refractivity contribution in [3.8, 4) is 17.4 Å². The Morgan fingerprint density at radius 2 is 1.96 bits per heavy atom. The average molecular weight is 405 g/mol. The molecule has 9 heteroatoms. The lowest BCUT2D eigenvalue weighted by atomic mass is 10.2. The van der Waals surface area contributed by atoms with Crippen LogP contribution in [0.5, 0.6) is 11.5 Å². The van der Waals surface area contributed by atoms with Crippen LogP contribution in [0, 0.1) is 20.8 Å². The van der Waals surface area contributed by atoms with Crippen LogP contribution in [0.15, 0.2) is 27.8 Å². The minimum atomic E-state index is 0.0449. The summed E-state index contributed by atoms with van der Waals surface area (Å²) in [5.74, 6) is 1.53. The summed E-state index contributed by atoms with van der Waals surface area (Å²) in [4.78, 5) is 0. The zero-order valence-corrected chi connectivity index (χ0v) is 15.8. The number of hydrogen-bond donors (Lipinski definition) is 1. The molecule has 0 atom stereocenters. The molecule has 130 valence electrons. The summed E-state index contributed by atoms with van der Waals surface area (Å²) in [6, 6.07) is 5.39. The number of aromatic hydroxyl groups is 1. The van der Waals surface area contributed by atoms with Crippen molar-refractivity contribution >= 4 is 22.1 Å². The number of methoxy groups -OCH3 is 1. The van der Waals surface area contributed by atoms with Crippen LogP contribution in [-0.4, -0.2) is 43.1 Å². The first-order chi connectivity index (χ1) is 11.9. The maximum Gasteiger partial charge on any atom is 0.273 e. The molecule has 3 rings (SSSR count). The third-order valence-corrected chi connectivity index (χ3v) is 4.18. The van der Waals surface area contributed by atoms with Crippen molar-refractivity contribution in [1.82, 2.24) is 24.7 Å². The van der Waals surface area contributed by atoms with Gasteiger partial charge in [0.1, 0.15) is 0 Å². The van der Waals surface area contributed by atoms with E-state index in [0.717, 1.165) is 17.0 Å². The smallest absolute Gasteiger partial charge is 0.273 e. The van der Waals surface area contributed by atoms with E-state index in [-0.39, 0.29) is 5.75 Å². The molecule has 0 saturated heterocycles. The fraction of sp³-hybridized carbons (Fsp3) is 0.250. The van der Waals surface area contributed by atoms with E-state index < -0.39 is 0 Å². The van der Waals surface area contributed by atoms with E-state index in [4.69, 9.17) is 4.74 Å². The SMILES string of the molecule is COc1cc(C=Nn2c(C)nnc2-n2nc(C)cc2C)cc(Br)c1O. The quantitative estimate of drug-likeness (QED) is 0.675. The van der Waals surface area contributed by atoms with Crippen LogP contribution in [0.1, 0.15) is 22.8 Å². The summed E-state index contributed by atoms with van der Waals surface area (Å²) in [6.07, 6.45) is 1.64. The van der Waals surface area contributed by atoms with Gasteiger partial charge in [0.05, 0.1) is 23.5 Å². The number of aryl methyl sites for hydroxylation is 3. The molecule has 0 bridgehead atoms. The zero-order chi connectivity index (χ0) is 18.1. The van der Waals surface area contributed by atoms with Gasteiger partial charge in [-0.1, -0.05) is 0 Å². The third kappa shape index (κ3) is 3.27. The molecule has 0 unspecified atom stereocenters. The predicted octanol–water partition coefficient (Wildman–Crippen LogP) is 2.75. The molecule has 0 aliphatic heterocycles. The van der Waals surface area contributed by atoms with Crippen molar-refractivity contribution in [3.05, 3.63) is 45.4 Å². The van der Waals surface area contributed by atoms with Crippen LogP contribution < -0.4 is 4.74 Å². The standard InChI is InChI=1S/C16H17BrN6O2/c1-9-5-10(2)22(21-9)16-20-19-11(3)23(16)18-8-12-6-13(17)15(24)14(7-12)25-4/h5-8,24H,1-4H3. The lowest BCUT2D eigenvalue weighted by molar-refractivity contribution is 0.372. The lowest BCUT2D eigenvalue weighted by Gasteiger charge is -2.07. The van der Waals surface area contributed by atoms with Gasteiger partial charge >= 0.3 is 0 Å². The monoisotopic (exact) mass is 404 g/mol. The lowest BCUT2D eigenvalue weighted by Crippen LogP contribution is -2.08. The number of rotatable bonds is 4. The molecule has 1 N–H and O–H groups in total. The van der Waals surface area contributed by atoms with Crippen molar-refractivity contribution in [3.63, 3.8) is 0 Å². The molecule has 2 aromatic heterocycles. The van der Waals surface area contributed by atoms with E-state index in [2.05, 4.69) is 36.3 Å². The normalized spacial score (nSPS) is 11.4. The first-order valence-electron chi connectivity index (χ1n) is 7.47. The number of ether oxygens (including phenoxy) is 1. The number of phenols is 1. The zero-order valence-electron chi connectivity index (χ0n) is 14.2. The maximum absolute atomic E-state index is 9.89. The second-order valence-electron chi connectivity index (χ2n) is 5.50. The molecule has 0 fully saturated rings. The summed E-state index contributed by atoms with van der Waals surface area (Å²) < 4.78 is 8.97. The van der Waals surface area contributed by atoms with E-state index >= 15 is 0 Å². The molecular formula is C16H17BrN6O2. The summed E-state index contributed by atoms with van der Waals surface area (Å²) >= 11 is 3.30. The highest BCUT2D eigenvalue weighted by atomic mass is 79.9. The van der Waals surface area contributed by atoms with Gasteiger partial charge in [-0.25, -0.2) is 4.68 Å². The molecule has 25 heavy (non-hydrogen) atoms. The van der Waals surface area contributed by atoms with Crippen molar-refractivity contribution in [2.24, 2.45) is 5.10 Å².